The number of aromatic nitrogens is 2. The Morgan fingerprint density at radius 3 is 2.96 bits per heavy atom. The lowest BCUT2D eigenvalue weighted by Gasteiger charge is -2.09. The van der Waals surface area contributed by atoms with Gasteiger partial charge in [0.15, 0.2) is 11.6 Å². The van der Waals surface area contributed by atoms with Gasteiger partial charge in [-0.15, -0.1) is 0 Å². The Balaban J connectivity index is 1.72. The number of carbonyl (C=O) groups is 1. The zero-order chi connectivity index (χ0) is 19.4. The number of hydrogen-bond donors (Lipinski definition) is 1. The summed E-state index contributed by atoms with van der Waals surface area (Å²) in [4.78, 5) is 29.8. The van der Waals surface area contributed by atoms with Gasteiger partial charge in [0.25, 0.3) is 5.91 Å². The minimum atomic E-state index is -0.462. The molecule has 1 aliphatic rings. The van der Waals surface area contributed by atoms with Crippen LogP contribution in [0.5, 0.6) is 5.75 Å². The third kappa shape index (κ3) is 4.25. The average molecular weight is 371 g/mol. The highest BCUT2D eigenvalue weighted by molar-refractivity contribution is 6.01. The van der Waals surface area contributed by atoms with Crippen molar-refractivity contribution in [3.8, 4) is 5.75 Å². The number of nitrogens with zero attached hydrogens (tertiary/aromatic N) is 4. The van der Waals surface area contributed by atoms with Crippen LogP contribution in [-0.2, 0) is 11.4 Å². The molecular formula is C18H18FN5O3. The summed E-state index contributed by atoms with van der Waals surface area (Å²) in [6, 6.07) is 5.93. The lowest BCUT2D eigenvalue weighted by Crippen LogP contribution is -2.25. The Kier molecular flexibility index (Phi) is 5.39. The molecule has 0 saturated carbocycles. The average Bonchev–Trinajstić information content (AvgIpc) is 3.16. The van der Waals surface area contributed by atoms with Crippen LogP contribution in [0.25, 0.3) is 0 Å². The molecule has 1 aliphatic heterocycles. The first kappa shape index (κ1) is 18.4. The van der Waals surface area contributed by atoms with Crippen LogP contribution in [0.15, 0.2) is 34.4 Å². The van der Waals surface area contributed by atoms with Crippen LogP contribution in [0.2, 0.25) is 0 Å². The third-order valence-electron chi connectivity index (χ3n) is 3.89. The molecular weight excluding hydrogens is 353 g/mol. The van der Waals surface area contributed by atoms with E-state index in [0.29, 0.717) is 29.2 Å². The molecule has 2 heterocycles. The summed E-state index contributed by atoms with van der Waals surface area (Å²) in [6.45, 7) is 5.31. The van der Waals surface area contributed by atoms with Crippen LogP contribution < -0.4 is 10.1 Å². The number of ether oxygens (including phenoxy) is 1. The van der Waals surface area contributed by atoms with Gasteiger partial charge in [-0.05, 0) is 37.4 Å². The van der Waals surface area contributed by atoms with Crippen LogP contribution in [0, 0.1) is 12.7 Å². The van der Waals surface area contributed by atoms with Crippen molar-refractivity contribution >= 4 is 18.3 Å². The number of amides is 1. The summed E-state index contributed by atoms with van der Waals surface area (Å²) in [7, 11) is 1.38. The summed E-state index contributed by atoms with van der Waals surface area (Å²) >= 11 is 0. The molecule has 0 bridgehead atoms. The maximum absolute atomic E-state index is 13.5. The Hall–Kier alpha value is -3.36. The van der Waals surface area contributed by atoms with Crippen molar-refractivity contribution in [3.63, 3.8) is 0 Å². The molecule has 1 unspecified atom stereocenters. The lowest BCUT2D eigenvalue weighted by atomic mass is 10.1. The third-order valence-corrected chi connectivity index (χ3v) is 3.89. The van der Waals surface area contributed by atoms with Crippen molar-refractivity contribution in [3.05, 3.63) is 52.9 Å². The molecule has 1 amide bonds. The number of halogens is 1. The van der Waals surface area contributed by atoms with Crippen molar-refractivity contribution < 1.29 is 18.8 Å². The lowest BCUT2D eigenvalue weighted by molar-refractivity contribution is 0.0931. The molecule has 0 fully saturated rings. The Bertz CT molecular complexity index is 916. The van der Waals surface area contributed by atoms with E-state index < -0.39 is 12.0 Å². The van der Waals surface area contributed by atoms with E-state index in [-0.39, 0.29) is 23.9 Å². The number of hydrogen-bond acceptors (Lipinski definition) is 7. The van der Waals surface area contributed by atoms with Crippen LogP contribution >= 0.6 is 0 Å². The van der Waals surface area contributed by atoms with E-state index in [1.807, 2.05) is 0 Å². The van der Waals surface area contributed by atoms with Gasteiger partial charge >= 0.3 is 0 Å². The summed E-state index contributed by atoms with van der Waals surface area (Å²) < 4.78 is 18.4. The van der Waals surface area contributed by atoms with Crippen LogP contribution in [0.1, 0.15) is 34.0 Å². The van der Waals surface area contributed by atoms with Crippen molar-refractivity contribution in [2.45, 2.75) is 26.1 Å². The Morgan fingerprint density at radius 1 is 1.44 bits per heavy atom. The van der Waals surface area contributed by atoms with E-state index in [1.54, 1.807) is 19.1 Å². The van der Waals surface area contributed by atoms with Gasteiger partial charge in [-0.3, -0.25) is 9.79 Å². The molecule has 27 heavy (non-hydrogen) atoms. The zero-order valence-electron chi connectivity index (χ0n) is 14.9. The SMILES string of the molecule is C=NC1CC(c2cc(C(=O)NCc3ccc(F)c(OC)c3)nc(C)n2)=NO1. The maximum atomic E-state index is 13.5. The van der Waals surface area contributed by atoms with Gasteiger partial charge in [0, 0.05) is 6.54 Å². The normalized spacial score (nSPS) is 15.7. The molecule has 8 nitrogen and oxygen atoms in total. The number of methoxy groups -OCH3 is 1. The number of aryl methyl sites for hydroxylation is 1. The summed E-state index contributed by atoms with van der Waals surface area (Å²) in [5.41, 5.74) is 1.97. The molecule has 3 rings (SSSR count). The number of rotatable bonds is 6. The summed E-state index contributed by atoms with van der Waals surface area (Å²) in [5, 5.41) is 6.68. The predicted octanol–water partition coefficient (Wildman–Crippen LogP) is 2.01. The van der Waals surface area contributed by atoms with Gasteiger partial charge in [0.2, 0.25) is 6.23 Å². The van der Waals surface area contributed by atoms with Gasteiger partial charge in [-0.25, -0.2) is 14.4 Å². The number of nitrogens with one attached hydrogen (secondary N) is 1. The number of carbonyl (C=O) groups excluding carboxylic acids is 1. The molecule has 0 radical (unpaired) electrons. The molecule has 0 spiro atoms. The van der Waals surface area contributed by atoms with E-state index in [0.717, 1.165) is 0 Å². The van der Waals surface area contributed by atoms with Gasteiger partial charge in [-0.2, -0.15) is 0 Å². The highest BCUT2D eigenvalue weighted by Crippen LogP contribution is 2.19. The van der Waals surface area contributed by atoms with Crippen LogP contribution in [-0.4, -0.2) is 41.6 Å². The second-order valence-corrected chi connectivity index (χ2v) is 5.82. The monoisotopic (exact) mass is 371 g/mol. The molecule has 9 heteroatoms. The highest BCUT2D eigenvalue weighted by Gasteiger charge is 2.23. The molecule has 0 saturated heterocycles. The fraction of sp³-hybridized carbons (Fsp3) is 0.278. The second kappa shape index (κ2) is 7.90. The summed E-state index contributed by atoms with van der Waals surface area (Å²) in [6.07, 6.45) is -0.0165. The smallest absolute Gasteiger partial charge is 0.270 e. The predicted molar refractivity (Wildman–Crippen MR) is 96.5 cm³/mol. The highest BCUT2D eigenvalue weighted by atomic mass is 19.1. The maximum Gasteiger partial charge on any atom is 0.270 e. The van der Waals surface area contributed by atoms with Crippen molar-refractivity contribution in [2.75, 3.05) is 7.11 Å². The minimum absolute atomic E-state index is 0.117. The number of oxime groups is 1. The fourth-order valence-electron chi connectivity index (χ4n) is 2.53. The Morgan fingerprint density at radius 2 is 2.26 bits per heavy atom. The van der Waals surface area contributed by atoms with E-state index in [1.165, 1.54) is 19.2 Å². The zero-order valence-corrected chi connectivity index (χ0v) is 14.9. The minimum Gasteiger partial charge on any atom is -0.494 e. The molecule has 0 aliphatic carbocycles. The fourth-order valence-corrected chi connectivity index (χ4v) is 2.53. The molecule has 1 aromatic carbocycles. The van der Waals surface area contributed by atoms with Crippen molar-refractivity contribution in [2.24, 2.45) is 10.1 Å². The van der Waals surface area contributed by atoms with Gasteiger partial charge in [-0.1, -0.05) is 11.2 Å². The van der Waals surface area contributed by atoms with Crippen LogP contribution in [0.4, 0.5) is 4.39 Å². The molecule has 1 aromatic heterocycles. The standard InChI is InChI=1S/C18H18FN5O3/c1-10-22-13(14-8-17(20-2)27-24-14)7-15(23-10)18(25)21-9-11-4-5-12(19)16(6-11)26-3/h4-7,17H,2,8-9H2,1,3H3,(H,21,25). The Labute approximate surface area is 155 Å². The molecule has 2 aromatic rings. The van der Waals surface area contributed by atoms with E-state index in [4.69, 9.17) is 9.57 Å². The first-order valence-electron chi connectivity index (χ1n) is 8.15. The van der Waals surface area contributed by atoms with Gasteiger partial charge < -0.3 is 14.9 Å². The molecule has 140 valence electrons. The van der Waals surface area contributed by atoms with Crippen molar-refractivity contribution in [1.29, 1.82) is 0 Å². The summed E-state index contributed by atoms with van der Waals surface area (Å²) in [5.74, 6) is -0.302. The van der Waals surface area contributed by atoms with E-state index >= 15 is 0 Å². The number of aliphatic imine (C=N–C) groups is 1. The van der Waals surface area contributed by atoms with Crippen molar-refractivity contribution in [1.82, 2.24) is 15.3 Å². The first-order chi connectivity index (χ1) is 13.0. The van der Waals surface area contributed by atoms with Crippen LogP contribution in [0.3, 0.4) is 0 Å². The molecule has 1 atom stereocenters. The van der Waals surface area contributed by atoms with E-state index in [2.05, 4.69) is 32.2 Å². The second-order valence-electron chi connectivity index (χ2n) is 5.82. The van der Waals surface area contributed by atoms with E-state index in [9.17, 15) is 9.18 Å². The molecule has 1 N–H and O–H groups in total. The number of benzene rings is 1. The van der Waals surface area contributed by atoms with Gasteiger partial charge in [0.05, 0.1) is 19.2 Å². The largest absolute Gasteiger partial charge is 0.494 e. The quantitative estimate of drug-likeness (QED) is 0.784. The topological polar surface area (TPSA) is 98.1 Å². The first-order valence-corrected chi connectivity index (χ1v) is 8.15. The van der Waals surface area contributed by atoms with Gasteiger partial charge in [0.1, 0.15) is 17.2 Å².